The molecule has 6 heteroatoms. The Hall–Kier alpha value is -2.44. The minimum atomic E-state index is -0.607. The molecule has 28 heavy (non-hydrogen) atoms. The van der Waals surface area contributed by atoms with E-state index in [1.54, 1.807) is 18.2 Å². The minimum Gasteiger partial charge on any atom is -0.508 e. The molecule has 152 valence electrons. The van der Waals surface area contributed by atoms with Crippen molar-refractivity contribution in [3.63, 3.8) is 0 Å². The maximum absolute atomic E-state index is 10.3. The second-order valence-electron chi connectivity index (χ2n) is 7.55. The standard InChI is InChI=1S/C22H29NO5/c24-18-8-5-15(6-9-18)4-7-16-2-1-3-17(23-16)12-19(25)14-28-20-10-11-21(26)22(27)13-20/h5-6,8-11,13,16-17,19,23-27H,1-4,7,12,14H2. The van der Waals surface area contributed by atoms with Crippen LogP contribution < -0.4 is 10.1 Å². The number of phenolic OH excluding ortho intramolecular Hbond substituents is 3. The number of ether oxygens (including phenoxy) is 1. The molecule has 3 rings (SSSR count). The molecule has 1 fully saturated rings. The second kappa shape index (κ2) is 9.66. The largest absolute Gasteiger partial charge is 0.508 e. The number of aliphatic hydroxyl groups is 1. The molecule has 2 aromatic carbocycles. The van der Waals surface area contributed by atoms with Crippen molar-refractivity contribution in [1.29, 1.82) is 0 Å². The molecule has 0 spiro atoms. The third-order valence-corrected chi connectivity index (χ3v) is 5.24. The highest BCUT2D eigenvalue weighted by molar-refractivity contribution is 5.43. The molecule has 6 nitrogen and oxygen atoms in total. The van der Waals surface area contributed by atoms with Gasteiger partial charge >= 0.3 is 0 Å². The average molecular weight is 387 g/mol. The van der Waals surface area contributed by atoms with Crippen LogP contribution in [0.5, 0.6) is 23.0 Å². The third kappa shape index (κ3) is 6.04. The van der Waals surface area contributed by atoms with Crippen LogP contribution >= 0.6 is 0 Å². The molecule has 2 aromatic rings. The van der Waals surface area contributed by atoms with Crippen molar-refractivity contribution in [3.05, 3.63) is 48.0 Å². The number of aromatic hydroxyl groups is 3. The van der Waals surface area contributed by atoms with Gasteiger partial charge in [-0.2, -0.15) is 0 Å². The number of hydrogen-bond donors (Lipinski definition) is 5. The zero-order chi connectivity index (χ0) is 19.9. The molecule has 1 aliphatic rings. The Labute approximate surface area is 165 Å². The summed E-state index contributed by atoms with van der Waals surface area (Å²) in [5, 5.41) is 42.1. The summed E-state index contributed by atoms with van der Waals surface area (Å²) < 4.78 is 5.52. The number of benzene rings is 2. The normalized spacial score (nSPS) is 20.6. The summed E-state index contributed by atoms with van der Waals surface area (Å²) in [6.45, 7) is 0.139. The molecule has 0 saturated carbocycles. The van der Waals surface area contributed by atoms with E-state index in [1.807, 2.05) is 12.1 Å². The quantitative estimate of drug-likeness (QED) is 0.446. The van der Waals surface area contributed by atoms with Gasteiger partial charge in [0.25, 0.3) is 0 Å². The lowest BCUT2D eigenvalue weighted by Crippen LogP contribution is -2.44. The van der Waals surface area contributed by atoms with E-state index in [2.05, 4.69) is 5.32 Å². The Morgan fingerprint density at radius 2 is 1.71 bits per heavy atom. The van der Waals surface area contributed by atoms with Gasteiger partial charge in [-0.05, 0) is 61.9 Å². The van der Waals surface area contributed by atoms with Crippen molar-refractivity contribution >= 4 is 0 Å². The summed E-state index contributed by atoms with van der Waals surface area (Å²) in [7, 11) is 0. The topological polar surface area (TPSA) is 102 Å². The predicted molar refractivity (Wildman–Crippen MR) is 107 cm³/mol. The summed E-state index contributed by atoms with van der Waals surface area (Å²) in [6, 6.07) is 12.3. The first kappa shape index (κ1) is 20.3. The number of aryl methyl sites for hydroxylation is 1. The first-order valence-corrected chi connectivity index (χ1v) is 9.86. The maximum atomic E-state index is 10.3. The third-order valence-electron chi connectivity index (χ3n) is 5.24. The highest BCUT2D eigenvalue weighted by atomic mass is 16.5. The average Bonchev–Trinajstić information content (AvgIpc) is 2.69. The highest BCUT2D eigenvalue weighted by Gasteiger charge is 2.23. The SMILES string of the molecule is Oc1ccc(CCC2CCCC(CC(O)COc3ccc(O)c(O)c3)N2)cc1. The molecule has 3 atom stereocenters. The van der Waals surface area contributed by atoms with Crippen LogP contribution in [-0.2, 0) is 6.42 Å². The fourth-order valence-electron chi connectivity index (χ4n) is 3.71. The Bertz CT molecular complexity index is 749. The molecule has 0 radical (unpaired) electrons. The van der Waals surface area contributed by atoms with Crippen molar-refractivity contribution in [2.75, 3.05) is 6.61 Å². The predicted octanol–water partition coefficient (Wildman–Crippen LogP) is 3.08. The van der Waals surface area contributed by atoms with E-state index in [0.29, 0.717) is 24.0 Å². The van der Waals surface area contributed by atoms with E-state index in [-0.39, 0.29) is 24.1 Å². The molecule has 1 aliphatic heterocycles. The van der Waals surface area contributed by atoms with Crippen LogP contribution in [0, 0.1) is 0 Å². The van der Waals surface area contributed by atoms with Gasteiger partial charge in [-0.15, -0.1) is 0 Å². The van der Waals surface area contributed by atoms with Gasteiger partial charge in [0.1, 0.15) is 18.1 Å². The Balaban J connectivity index is 1.40. The molecule has 0 amide bonds. The van der Waals surface area contributed by atoms with Gasteiger partial charge in [-0.3, -0.25) is 0 Å². The molecular weight excluding hydrogens is 358 g/mol. The molecule has 1 heterocycles. The monoisotopic (exact) mass is 387 g/mol. The van der Waals surface area contributed by atoms with Crippen LogP contribution in [0.25, 0.3) is 0 Å². The summed E-state index contributed by atoms with van der Waals surface area (Å²) >= 11 is 0. The van der Waals surface area contributed by atoms with Gasteiger partial charge in [-0.25, -0.2) is 0 Å². The fourth-order valence-corrected chi connectivity index (χ4v) is 3.71. The molecule has 3 unspecified atom stereocenters. The van der Waals surface area contributed by atoms with E-state index in [9.17, 15) is 20.4 Å². The number of aliphatic hydroxyl groups excluding tert-OH is 1. The van der Waals surface area contributed by atoms with Crippen LogP contribution in [0.15, 0.2) is 42.5 Å². The molecule has 0 bridgehead atoms. The number of rotatable bonds is 8. The summed E-state index contributed by atoms with van der Waals surface area (Å²) in [5.74, 6) is 0.270. The van der Waals surface area contributed by atoms with Crippen LogP contribution in [-0.4, -0.2) is 45.2 Å². The van der Waals surface area contributed by atoms with Crippen molar-refractivity contribution in [1.82, 2.24) is 5.32 Å². The van der Waals surface area contributed by atoms with E-state index in [4.69, 9.17) is 4.74 Å². The smallest absolute Gasteiger partial charge is 0.161 e. The van der Waals surface area contributed by atoms with Crippen molar-refractivity contribution in [2.24, 2.45) is 0 Å². The van der Waals surface area contributed by atoms with E-state index < -0.39 is 6.10 Å². The van der Waals surface area contributed by atoms with Gasteiger partial charge in [0.05, 0.1) is 6.10 Å². The van der Waals surface area contributed by atoms with Gasteiger partial charge in [0.15, 0.2) is 11.5 Å². The first-order chi connectivity index (χ1) is 13.5. The molecule has 0 aliphatic carbocycles. The number of hydrogen-bond acceptors (Lipinski definition) is 6. The summed E-state index contributed by atoms with van der Waals surface area (Å²) in [4.78, 5) is 0. The van der Waals surface area contributed by atoms with Crippen LogP contribution in [0.4, 0.5) is 0 Å². The summed E-state index contributed by atoms with van der Waals surface area (Å²) in [5.41, 5.74) is 1.22. The van der Waals surface area contributed by atoms with Gasteiger partial charge in [0.2, 0.25) is 0 Å². The Kier molecular flexibility index (Phi) is 7.01. The lowest BCUT2D eigenvalue weighted by atomic mass is 9.91. The van der Waals surface area contributed by atoms with E-state index in [1.165, 1.54) is 17.7 Å². The summed E-state index contributed by atoms with van der Waals surface area (Å²) in [6.07, 6.45) is 5.29. The van der Waals surface area contributed by atoms with Crippen molar-refractivity contribution < 1.29 is 25.2 Å². The lowest BCUT2D eigenvalue weighted by molar-refractivity contribution is 0.0831. The van der Waals surface area contributed by atoms with Gasteiger partial charge in [-0.1, -0.05) is 18.6 Å². The van der Waals surface area contributed by atoms with E-state index in [0.717, 1.165) is 32.1 Å². The first-order valence-electron chi connectivity index (χ1n) is 9.86. The fraction of sp³-hybridized carbons (Fsp3) is 0.455. The number of piperidine rings is 1. The van der Waals surface area contributed by atoms with Crippen LogP contribution in [0.3, 0.4) is 0 Å². The molecule has 1 saturated heterocycles. The van der Waals surface area contributed by atoms with Crippen molar-refractivity contribution in [2.45, 2.75) is 56.7 Å². The lowest BCUT2D eigenvalue weighted by Gasteiger charge is -2.32. The molecule has 5 N–H and O–H groups in total. The van der Waals surface area contributed by atoms with Crippen LogP contribution in [0.1, 0.15) is 37.7 Å². The zero-order valence-electron chi connectivity index (χ0n) is 15.9. The van der Waals surface area contributed by atoms with Crippen LogP contribution in [0.2, 0.25) is 0 Å². The molecular formula is C22H29NO5. The van der Waals surface area contributed by atoms with Gasteiger partial charge < -0.3 is 30.5 Å². The van der Waals surface area contributed by atoms with E-state index >= 15 is 0 Å². The Morgan fingerprint density at radius 3 is 2.46 bits per heavy atom. The van der Waals surface area contributed by atoms with Gasteiger partial charge in [0, 0.05) is 18.2 Å². The minimum absolute atomic E-state index is 0.139. The number of nitrogens with one attached hydrogen (secondary N) is 1. The molecule has 0 aromatic heterocycles. The van der Waals surface area contributed by atoms with Crippen molar-refractivity contribution in [3.8, 4) is 23.0 Å². The number of phenols is 3. The second-order valence-corrected chi connectivity index (χ2v) is 7.55. The highest BCUT2D eigenvalue weighted by Crippen LogP contribution is 2.29. The maximum Gasteiger partial charge on any atom is 0.161 e. The zero-order valence-corrected chi connectivity index (χ0v) is 15.9. The Morgan fingerprint density at radius 1 is 0.964 bits per heavy atom.